The number of alkyl halides is 3. The fourth-order valence-corrected chi connectivity index (χ4v) is 3.77. The molecule has 162 valence electrons. The summed E-state index contributed by atoms with van der Waals surface area (Å²) < 4.78 is 78.3. The summed E-state index contributed by atoms with van der Waals surface area (Å²) in [7, 11) is -4.04. The zero-order valence-corrected chi connectivity index (χ0v) is 16.6. The van der Waals surface area contributed by atoms with Crippen LogP contribution in [0.3, 0.4) is 0 Å². The minimum absolute atomic E-state index is 0.0765. The molecule has 3 aromatic rings. The first-order valence-electron chi connectivity index (χ1n) is 8.88. The Morgan fingerprint density at radius 2 is 1.42 bits per heavy atom. The van der Waals surface area contributed by atoms with E-state index in [-0.39, 0.29) is 22.7 Å². The molecular formula is C21H16F4N2O3S. The van der Waals surface area contributed by atoms with Gasteiger partial charge in [0.25, 0.3) is 10.0 Å². The molecule has 0 unspecified atom stereocenters. The highest BCUT2D eigenvalue weighted by molar-refractivity contribution is 7.92. The van der Waals surface area contributed by atoms with Gasteiger partial charge in [0.2, 0.25) is 5.91 Å². The minimum Gasteiger partial charge on any atom is -0.324 e. The Morgan fingerprint density at radius 1 is 0.839 bits per heavy atom. The highest BCUT2D eigenvalue weighted by Gasteiger charge is 2.30. The van der Waals surface area contributed by atoms with E-state index in [1.165, 1.54) is 24.3 Å². The van der Waals surface area contributed by atoms with Crippen LogP contribution in [0.15, 0.2) is 77.7 Å². The van der Waals surface area contributed by atoms with E-state index in [1.807, 2.05) is 0 Å². The maximum absolute atomic E-state index is 13.1. The third kappa shape index (κ3) is 5.82. The van der Waals surface area contributed by atoms with Crippen LogP contribution < -0.4 is 10.0 Å². The number of hydrogen-bond acceptors (Lipinski definition) is 3. The van der Waals surface area contributed by atoms with Crippen LogP contribution in [0.2, 0.25) is 0 Å². The van der Waals surface area contributed by atoms with Crippen molar-refractivity contribution in [3.63, 3.8) is 0 Å². The second kappa shape index (κ2) is 8.76. The number of carbonyl (C=O) groups is 1. The molecule has 0 radical (unpaired) electrons. The lowest BCUT2D eigenvalue weighted by molar-refractivity contribution is -0.137. The van der Waals surface area contributed by atoms with Crippen LogP contribution in [-0.2, 0) is 27.4 Å². The Bertz CT molecular complexity index is 1180. The van der Waals surface area contributed by atoms with E-state index in [2.05, 4.69) is 10.0 Å². The van der Waals surface area contributed by atoms with Crippen molar-refractivity contribution in [1.29, 1.82) is 0 Å². The molecule has 0 fully saturated rings. The standard InChI is InChI=1S/C21H16F4N2O3S/c22-16-9-11-17(12-10-16)31(29,30)27-19-4-2-1-3-18(19)26-20(28)13-14-5-7-15(8-6-14)21(23,24)25/h1-12,27H,13H2,(H,26,28). The van der Waals surface area contributed by atoms with Gasteiger partial charge in [-0.1, -0.05) is 24.3 Å². The Labute approximate surface area is 175 Å². The first-order chi connectivity index (χ1) is 14.5. The molecule has 0 heterocycles. The fraction of sp³-hybridized carbons (Fsp3) is 0.0952. The Morgan fingerprint density at radius 3 is 2.00 bits per heavy atom. The SMILES string of the molecule is O=C(Cc1ccc(C(F)(F)F)cc1)Nc1ccccc1NS(=O)(=O)c1ccc(F)cc1. The molecule has 2 N–H and O–H groups in total. The van der Waals surface area contributed by atoms with Gasteiger partial charge in [0.15, 0.2) is 0 Å². The predicted octanol–water partition coefficient (Wildman–Crippen LogP) is 4.83. The van der Waals surface area contributed by atoms with Gasteiger partial charge >= 0.3 is 6.18 Å². The van der Waals surface area contributed by atoms with Crippen LogP contribution >= 0.6 is 0 Å². The molecule has 0 saturated carbocycles. The van der Waals surface area contributed by atoms with Crippen LogP contribution in [0.1, 0.15) is 11.1 Å². The number of amides is 1. The fourth-order valence-electron chi connectivity index (χ4n) is 2.69. The highest BCUT2D eigenvalue weighted by atomic mass is 32.2. The lowest BCUT2D eigenvalue weighted by Gasteiger charge is -2.14. The molecule has 31 heavy (non-hydrogen) atoms. The van der Waals surface area contributed by atoms with Gasteiger partial charge in [-0.25, -0.2) is 12.8 Å². The molecule has 3 aromatic carbocycles. The van der Waals surface area contributed by atoms with Crippen LogP contribution in [0.25, 0.3) is 0 Å². The van der Waals surface area contributed by atoms with E-state index in [9.17, 15) is 30.8 Å². The summed E-state index contributed by atoms with van der Waals surface area (Å²) in [5, 5.41) is 2.54. The topological polar surface area (TPSA) is 75.3 Å². The zero-order valence-electron chi connectivity index (χ0n) is 15.8. The first kappa shape index (κ1) is 22.3. The van der Waals surface area contributed by atoms with E-state index in [0.717, 1.165) is 36.4 Å². The molecule has 0 saturated heterocycles. The van der Waals surface area contributed by atoms with Gasteiger partial charge in [-0.3, -0.25) is 9.52 Å². The number of benzene rings is 3. The van der Waals surface area contributed by atoms with Gasteiger partial charge in [0.05, 0.1) is 28.3 Å². The van der Waals surface area contributed by atoms with Gasteiger partial charge in [-0.05, 0) is 54.1 Å². The molecule has 10 heteroatoms. The molecule has 0 atom stereocenters. The summed E-state index contributed by atoms with van der Waals surface area (Å²) in [6.07, 6.45) is -4.68. The van der Waals surface area contributed by atoms with Crippen molar-refractivity contribution in [1.82, 2.24) is 0 Å². The van der Waals surface area contributed by atoms with Crippen LogP contribution in [0, 0.1) is 5.82 Å². The average molecular weight is 452 g/mol. The van der Waals surface area contributed by atoms with E-state index in [4.69, 9.17) is 0 Å². The van der Waals surface area contributed by atoms with E-state index < -0.39 is 33.5 Å². The van der Waals surface area contributed by atoms with Gasteiger partial charge in [-0.15, -0.1) is 0 Å². The smallest absolute Gasteiger partial charge is 0.324 e. The summed E-state index contributed by atoms with van der Waals surface area (Å²) in [6, 6.07) is 14.4. The summed E-state index contributed by atoms with van der Waals surface area (Å²) in [5.74, 6) is -1.14. The van der Waals surface area contributed by atoms with Crippen LogP contribution in [0.4, 0.5) is 28.9 Å². The minimum atomic E-state index is -4.47. The van der Waals surface area contributed by atoms with Crippen molar-refractivity contribution in [2.45, 2.75) is 17.5 Å². The lowest BCUT2D eigenvalue weighted by atomic mass is 10.1. The summed E-state index contributed by atoms with van der Waals surface area (Å²) >= 11 is 0. The number of rotatable bonds is 6. The van der Waals surface area contributed by atoms with Gasteiger partial charge in [-0.2, -0.15) is 13.2 Å². The molecular weight excluding hydrogens is 436 g/mol. The van der Waals surface area contributed by atoms with Crippen molar-refractivity contribution in [2.24, 2.45) is 0 Å². The lowest BCUT2D eigenvalue weighted by Crippen LogP contribution is -2.18. The van der Waals surface area contributed by atoms with Crippen molar-refractivity contribution in [3.8, 4) is 0 Å². The van der Waals surface area contributed by atoms with Crippen molar-refractivity contribution in [2.75, 3.05) is 10.0 Å². The molecule has 0 aliphatic rings. The van der Waals surface area contributed by atoms with Crippen LogP contribution in [0.5, 0.6) is 0 Å². The highest BCUT2D eigenvalue weighted by Crippen LogP contribution is 2.29. The molecule has 0 bridgehead atoms. The third-order valence-electron chi connectivity index (χ3n) is 4.22. The van der Waals surface area contributed by atoms with Crippen molar-refractivity contribution < 1.29 is 30.8 Å². The van der Waals surface area contributed by atoms with E-state index >= 15 is 0 Å². The van der Waals surface area contributed by atoms with Gasteiger partial charge in [0, 0.05) is 0 Å². The molecule has 1 amide bonds. The van der Waals surface area contributed by atoms with Crippen molar-refractivity contribution in [3.05, 3.63) is 89.7 Å². The average Bonchev–Trinajstić information content (AvgIpc) is 2.69. The predicted molar refractivity (Wildman–Crippen MR) is 107 cm³/mol. The van der Waals surface area contributed by atoms with Crippen LogP contribution in [-0.4, -0.2) is 14.3 Å². The second-order valence-corrected chi connectivity index (χ2v) is 8.21. The summed E-state index contributed by atoms with van der Waals surface area (Å²) in [6.45, 7) is 0. The first-order valence-corrected chi connectivity index (χ1v) is 10.4. The summed E-state index contributed by atoms with van der Waals surface area (Å²) in [4.78, 5) is 12.2. The number of halogens is 4. The largest absolute Gasteiger partial charge is 0.416 e. The number of hydrogen-bond donors (Lipinski definition) is 2. The zero-order chi connectivity index (χ0) is 22.6. The Balaban J connectivity index is 1.73. The monoisotopic (exact) mass is 452 g/mol. The Hall–Kier alpha value is -3.40. The van der Waals surface area contributed by atoms with Crippen molar-refractivity contribution >= 4 is 27.3 Å². The third-order valence-corrected chi connectivity index (χ3v) is 5.60. The molecule has 0 aliphatic carbocycles. The van der Waals surface area contributed by atoms with E-state index in [0.29, 0.717) is 5.56 Å². The van der Waals surface area contributed by atoms with Gasteiger partial charge in [0.1, 0.15) is 5.82 Å². The number of sulfonamides is 1. The van der Waals surface area contributed by atoms with Gasteiger partial charge < -0.3 is 5.32 Å². The second-order valence-electron chi connectivity index (χ2n) is 6.52. The molecule has 0 spiro atoms. The summed E-state index contributed by atoms with van der Waals surface area (Å²) in [5.41, 5.74) is -0.232. The number of carbonyl (C=O) groups excluding carboxylic acids is 1. The number of anilines is 2. The maximum atomic E-state index is 13.1. The van der Waals surface area contributed by atoms with E-state index in [1.54, 1.807) is 12.1 Å². The number of nitrogens with one attached hydrogen (secondary N) is 2. The maximum Gasteiger partial charge on any atom is 0.416 e. The molecule has 3 rings (SSSR count). The normalized spacial score (nSPS) is 11.7. The molecule has 0 aliphatic heterocycles. The molecule has 5 nitrogen and oxygen atoms in total. The quantitative estimate of drug-likeness (QED) is 0.527. The molecule has 0 aromatic heterocycles. The number of para-hydroxylation sites is 2. The Kier molecular flexibility index (Phi) is 6.30.